The maximum atomic E-state index is 11.9. The summed E-state index contributed by atoms with van der Waals surface area (Å²) in [6.45, 7) is 1.46. The van der Waals surface area contributed by atoms with E-state index in [2.05, 4.69) is 10.6 Å². The van der Waals surface area contributed by atoms with Crippen LogP contribution in [-0.4, -0.2) is 17.6 Å². The summed E-state index contributed by atoms with van der Waals surface area (Å²) >= 11 is 1.39. The molecule has 0 fully saturated rings. The van der Waals surface area contributed by atoms with Crippen LogP contribution in [0.25, 0.3) is 0 Å². The topological polar surface area (TPSA) is 58.2 Å². The van der Waals surface area contributed by atoms with E-state index in [-0.39, 0.29) is 17.6 Å². The minimum absolute atomic E-state index is 0.0798. The van der Waals surface area contributed by atoms with Gasteiger partial charge >= 0.3 is 0 Å². The van der Waals surface area contributed by atoms with Crippen LogP contribution in [0, 0.1) is 0 Å². The molecule has 5 heteroatoms. The Hall–Kier alpha value is -2.27. The van der Waals surface area contributed by atoms with Crippen molar-refractivity contribution in [3.05, 3.63) is 54.6 Å². The highest BCUT2D eigenvalue weighted by Gasteiger charge is 2.07. The van der Waals surface area contributed by atoms with Gasteiger partial charge in [-0.25, -0.2) is 0 Å². The van der Waals surface area contributed by atoms with Crippen molar-refractivity contribution < 1.29 is 9.59 Å². The molecule has 2 aromatic carbocycles. The Balaban J connectivity index is 1.93. The maximum Gasteiger partial charge on any atom is 0.234 e. The lowest BCUT2D eigenvalue weighted by atomic mass is 10.3. The number of benzene rings is 2. The molecule has 0 saturated carbocycles. The predicted octanol–water partition coefficient (Wildman–Crippen LogP) is 3.38. The molecule has 0 saturated heterocycles. The molecule has 0 aliphatic carbocycles. The van der Waals surface area contributed by atoms with Gasteiger partial charge in [-0.2, -0.15) is 0 Å². The Morgan fingerprint density at radius 2 is 1.62 bits per heavy atom. The van der Waals surface area contributed by atoms with Gasteiger partial charge in [0.1, 0.15) is 0 Å². The van der Waals surface area contributed by atoms with Gasteiger partial charge < -0.3 is 10.6 Å². The van der Waals surface area contributed by atoms with Gasteiger partial charge in [-0.1, -0.05) is 30.3 Å². The molecule has 0 radical (unpaired) electrons. The van der Waals surface area contributed by atoms with Gasteiger partial charge in [-0.15, -0.1) is 11.8 Å². The van der Waals surface area contributed by atoms with Crippen LogP contribution in [0.5, 0.6) is 0 Å². The van der Waals surface area contributed by atoms with Crippen LogP contribution in [0.4, 0.5) is 11.4 Å². The maximum absolute atomic E-state index is 11.9. The van der Waals surface area contributed by atoms with Gasteiger partial charge in [-0.3, -0.25) is 9.59 Å². The largest absolute Gasteiger partial charge is 0.325 e. The van der Waals surface area contributed by atoms with Crippen molar-refractivity contribution in [3.63, 3.8) is 0 Å². The average molecular weight is 300 g/mol. The molecule has 21 heavy (non-hydrogen) atoms. The highest BCUT2D eigenvalue weighted by molar-refractivity contribution is 8.00. The Labute approximate surface area is 127 Å². The van der Waals surface area contributed by atoms with Crippen molar-refractivity contribution in [1.82, 2.24) is 0 Å². The van der Waals surface area contributed by atoms with E-state index in [0.717, 1.165) is 16.3 Å². The summed E-state index contributed by atoms with van der Waals surface area (Å²) in [5.74, 6) is 0.0755. The zero-order valence-corrected chi connectivity index (χ0v) is 12.4. The first-order valence-electron chi connectivity index (χ1n) is 6.49. The van der Waals surface area contributed by atoms with E-state index in [1.54, 1.807) is 0 Å². The van der Waals surface area contributed by atoms with E-state index < -0.39 is 0 Å². The number of hydrogen-bond donors (Lipinski definition) is 2. The normalized spacial score (nSPS) is 9.95. The fourth-order valence-electron chi connectivity index (χ4n) is 1.75. The van der Waals surface area contributed by atoms with E-state index in [1.807, 2.05) is 54.6 Å². The number of thioether (sulfide) groups is 1. The quantitative estimate of drug-likeness (QED) is 0.832. The van der Waals surface area contributed by atoms with Crippen LogP contribution in [0.15, 0.2) is 59.5 Å². The number of rotatable bonds is 5. The molecule has 2 amide bonds. The molecule has 2 rings (SSSR count). The summed E-state index contributed by atoms with van der Waals surface area (Å²) in [6, 6.07) is 16.7. The minimum Gasteiger partial charge on any atom is -0.325 e. The molecule has 2 aromatic rings. The number of carbonyl (C=O) groups is 2. The third-order valence-corrected chi connectivity index (χ3v) is 3.69. The van der Waals surface area contributed by atoms with Crippen LogP contribution < -0.4 is 10.6 Å². The van der Waals surface area contributed by atoms with Crippen molar-refractivity contribution in [1.29, 1.82) is 0 Å². The molecule has 0 bridgehead atoms. The highest BCUT2D eigenvalue weighted by Crippen LogP contribution is 2.27. The van der Waals surface area contributed by atoms with Crippen molar-refractivity contribution in [2.24, 2.45) is 0 Å². The number of amides is 2. The molecular formula is C16H16N2O2S. The zero-order valence-electron chi connectivity index (χ0n) is 11.6. The SMILES string of the molecule is CC(=O)Nc1ccccc1SCC(=O)Nc1ccccc1. The second-order valence-electron chi connectivity index (χ2n) is 4.38. The van der Waals surface area contributed by atoms with Crippen LogP contribution in [0.3, 0.4) is 0 Å². The van der Waals surface area contributed by atoms with Crippen LogP contribution >= 0.6 is 11.8 Å². The molecule has 0 heterocycles. The third-order valence-electron chi connectivity index (χ3n) is 2.61. The second-order valence-corrected chi connectivity index (χ2v) is 5.40. The first-order chi connectivity index (χ1) is 10.1. The van der Waals surface area contributed by atoms with Crippen molar-refractivity contribution in [3.8, 4) is 0 Å². The Bertz CT molecular complexity index is 629. The summed E-state index contributed by atoms with van der Waals surface area (Å²) in [5.41, 5.74) is 1.50. The van der Waals surface area contributed by atoms with Gasteiger partial charge in [0.05, 0.1) is 11.4 Å². The fourth-order valence-corrected chi connectivity index (χ4v) is 2.56. The molecule has 0 aromatic heterocycles. The Morgan fingerprint density at radius 3 is 2.33 bits per heavy atom. The highest BCUT2D eigenvalue weighted by atomic mass is 32.2. The monoisotopic (exact) mass is 300 g/mol. The van der Waals surface area contributed by atoms with Gasteiger partial charge in [0, 0.05) is 17.5 Å². The number of nitrogens with one attached hydrogen (secondary N) is 2. The lowest BCUT2D eigenvalue weighted by Gasteiger charge is -2.09. The molecule has 0 aliphatic rings. The van der Waals surface area contributed by atoms with E-state index >= 15 is 0 Å². The minimum atomic E-state index is -0.128. The van der Waals surface area contributed by atoms with Crippen molar-refractivity contribution >= 4 is 35.0 Å². The summed E-state index contributed by atoms with van der Waals surface area (Å²) in [5, 5.41) is 5.58. The number of carbonyl (C=O) groups excluding carboxylic acids is 2. The van der Waals surface area contributed by atoms with Crippen molar-refractivity contribution in [2.45, 2.75) is 11.8 Å². The van der Waals surface area contributed by atoms with Crippen LogP contribution in [0.2, 0.25) is 0 Å². The molecule has 0 spiro atoms. The summed E-state index contributed by atoms with van der Waals surface area (Å²) in [7, 11) is 0. The molecule has 0 unspecified atom stereocenters. The molecule has 2 N–H and O–H groups in total. The number of para-hydroxylation sites is 2. The van der Waals surface area contributed by atoms with E-state index in [0.29, 0.717) is 0 Å². The first kappa shape index (κ1) is 15.1. The summed E-state index contributed by atoms with van der Waals surface area (Å²) < 4.78 is 0. The lowest BCUT2D eigenvalue weighted by Crippen LogP contribution is -2.14. The lowest BCUT2D eigenvalue weighted by molar-refractivity contribution is -0.114. The smallest absolute Gasteiger partial charge is 0.234 e. The zero-order chi connectivity index (χ0) is 15.1. The first-order valence-corrected chi connectivity index (χ1v) is 7.48. The second kappa shape index (κ2) is 7.50. The Morgan fingerprint density at radius 1 is 0.952 bits per heavy atom. The van der Waals surface area contributed by atoms with E-state index in [1.165, 1.54) is 18.7 Å². The van der Waals surface area contributed by atoms with Crippen molar-refractivity contribution in [2.75, 3.05) is 16.4 Å². The Kier molecular flexibility index (Phi) is 5.40. The van der Waals surface area contributed by atoms with Gasteiger partial charge in [-0.05, 0) is 24.3 Å². The summed E-state index contributed by atoms with van der Waals surface area (Å²) in [6.07, 6.45) is 0. The van der Waals surface area contributed by atoms with E-state index in [9.17, 15) is 9.59 Å². The predicted molar refractivity (Wildman–Crippen MR) is 86.5 cm³/mol. The number of anilines is 2. The summed E-state index contributed by atoms with van der Waals surface area (Å²) in [4.78, 5) is 23.9. The standard InChI is InChI=1S/C16H16N2O2S/c1-12(19)17-14-9-5-6-10-15(14)21-11-16(20)18-13-7-3-2-4-8-13/h2-10H,11H2,1H3,(H,17,19)(H,18,20). The van der Waals surface area contributed by atoms with Crippen LogP contribution in [0.1, 0.15) is 6.92 Å². The van der Waals surface area contributed by atoms with Gasteiger partial charge in [0.15, 0.2) is 0 Å². The molecule has 4 nitrogen and oxygen atoms in total. The molecule has 108 valence electrons. The average Bonchev–Trinajstić information content (AvgIpc) is 2.47. The van der Waals surface area contributed by atoms with Crippen LogP contribution in [-0.2, 0) is 9.59 Å². The van der Waals surface area contributed by atoms with Gasteiger partial charge in [0.25, 0.3) is 0 Å². The number of hydrogen-bond acceptors (Lipinski definition) is 3. The third kappa shape index (κ3) is 4.96. The molecule has 0 aliphatic heterocycles. The molecular weight excluding hydrogens is 284 g/mol. The van der Waals surface area contributed by atoms with E-state index in [4.69, 9.17) is 0 Å². The fraction of sp³-hybridized carbons (Fsp3) is 0.125. The van der Waals surface area contributed by atoms with Gasteiger partial charge in [0.2, 0.25) is 11.8 Å². The molecule has 0 atom stereocenters.